The number of sulfonamides is 1. The predicted molar refractivity (Wildman–Crippen MR) is 108 cm³/mol. The number of nitrogens with zero attached hydrogens (tertiary/aromatic N) is 1. The Hall–Kier alpha value is -0.930. The van der Waals surface area contributed by atoms with Gasteiger partial charge in [0.05, 0.1) is 3.79 Å². The Morgan fingerprint density at radius 2 is 1.96 bits per heavy atom. The van der Waals surface area contributed by atoms with Crippen molar-refractivity contribution < 1.29 is 13.2 Å². The van der Waals surface area contributed by atoms with Gasteiger partial charge < -0.3 is 5.32 Å². The van der Waals surface area contributed by atoms with E-state index < -0.39 is 10.0 Å². The molecule has 2 aromatic rings. The van der Waals surface area contributed by atoms with Crippen LogP contribution in [0.2, 0.25) is 5.02 Å². The zero-order valence-corrected chi connectivity index (χ0v) is 18.0. The second-order valence-corrected chi connectivity index (χ2v) is 11.2. The summed E-state index contributed by atoms with van der Waals surface area (Å²) in [5.74, 6) is -0.280. The molecule has 0 atom stereocenters. The molecule has 26 heavy (non-hydrogen) atoms. The van der Waals surface area contributed by atoms with Gasteiger partial charge in [-0.1, -0.05) is 11.6 Å². The molecule has 9 heteroatoms. The minimum absolute atomic E-state index is 0.0775. The predicted octanol–water partition coefficient (Wildman–Crippen LogP) is 4.51. The highest BCUT2D eigenvalue weighted by atomic mass is 79.9. The number of carbonyl (C=O) groups is 1. The van der Waals surface area contributed by atoms with Crippen molar-refractivity contribution in [2.45, 2.75) is 24.0 Å². The summed E-state index contributed by atoms with van der Waals surface area (Å²) in [6.45, 7) is 2.57. The van der Waals surface area contributed by atoms with E-state index in [0.29, 0.717) is 35.2 Å². The molecule has 1 aromatic heterocycles. The molecule has 140 valence electrons. The van der Waals surface area contributed by atoms with E-state index in [-0.39, 0.29) is 11.8 Å². The number of aryl methyl sites for hydroxylation is 1. The number of halogens is 2. The van der Waals surface area contributed by atoms with Crippen molar-refractivity contribution in [2.24, 2.45) is 5.92 Å². The lowest BCUT2D eigenvalue weighted by atomic mass is 9.97. The maximum atomic E-state index is 12.6. The van der Waals surface area contributed by atoms with E-state index in [1.807, 2.05) is 6.92 Å². The van der Waals surface area contributed by atoms with Crippen molar-refractivity contribution in [3.63, 3.8) is 0 Å². The second kappa shape index (κ2) is 7.98. The molecule has 1 aromatic carbocycles. The summed E-state index contributed by atoms with van der Waals surface area (Å²) in [6, 6.07) is 8.65. The van der Waals surface area contributed by atoms with Crippen molar-refractivity contribution >= 4 is 60.5 Å². The van der Waals surface area contributed by atoms with Gasteiger partial charge in [-0.15, -0.1) is 11.3 Å². The van der Waals surface area contributed by atoms with Crippen LogP contribution in [-0.4, -0.2) is 31.7 Å². The maximum Gasteiger partial charge on any atom is 0.252 e. The summed E-state index contributed by atoms with van der Waals surface area (Å²) in [5.41, 5.74) is 1.63. The minimum atomic E-state index is -3.49. The summed E-state index contributed by atoms with van der Waals surface area (Å²) < 4.78 is 27.9. The molecular weight excluding hydrogens is 460 g/mol. The summed E-state index contributed by atoms with van der Waals surface area (Å²) in [6.07, 6.45) is 1.01. The Bertz CT molecular complexity index is 922. The van der Waals surface area contributed by atoms with Gasteiger partial charge in [0.25, 0.3) is 10.0 Å². The standard InChI is InChI=1S/C17H18BrClN2O3S2/c1-11-10-13(19)2-3-14(11)20-17(22)12-6-8-21(9-7-12)26(23,24)16-5-4-15(18)25-16/h2-5,10,12H,6-9H2,1H3,(H,20,22). The van der Waals surface area contributed by atoms with E-state index in [9.17, 15) is 13.2 Å². The molecular formula is C17H18BrClN2O3S2. The van der Waals surface area contributed by atoms with Crippen molar-refractivity contribution in [1.82, 2.24) is 4.31 Å². The van der Waals surface area contributed by atoms with E-state index in [1.54, 1.807) is 30.3 Å². The van der Waals surface area contributed by atoms with Gasteiger partial charge in [0.1, 0.15) is 4.21 Å². The van der Waals surface area contributed by atoms with Crippen LogP contribution in [0.3, 0.4) is 0 Å². The zero-order chi connectivity index (χ0) is 18.9. The number of nitrogens with one attached hydrogen (secondary N) is 1. The summed E-state index contributed by atoms with van der Waals surface area (Å²) >= 11 is 10.4. The molecule has 1 aliphatic heterocycles. The molecule has 0 radical (unpaired) electrons. The monoisotopic (exact) mass is 476 g/mol. The van der Waals surface area contributed by atoms with Crippen LogP contribution >= 0.6 is 38.9 Å². The Kier molecular flexibility index (Phi) is 6.08. The largest absolute Gasteiger partial charge is 0.326 e. The van der Waals surface area contributed by atoms with Crippen LogP contribution in [0, 0.1) is 12.8 Å². The lowest BCUT2D eigenvalue weighted by Crippen LogP contribution is -2.41. The third kappa shape index (κ3) is 4.31. The van der Waals surface area contributed by atoms with Crippen LogP contribution in [0.25, 0.3) is 0 Å². The van der Waals surface area contributed by atoms with Gasteiger partial charge in [0, 0.05) is 29.7 Å². The fraction of sp³-hybridized carbons (Fsp3) is 0.353. The first-order chi connectivity index (χ1) is 12.3. The number of amides is 1. The molecule has 0 aliphatic carbocycles. The highest BCUT2D eigenvalue weighted by Gasteiger charge is 2.33. The Morgan fingerprint density at radius 1 is 1.27 bits per heavy atom. The van der Waals surface area contributed by atoms with E-state index in [2.05, 4.69) is 21.2 Å². The normalized spacial score (nSPS) is 16.6. The van der Waals surface area contributed by atoms with E-state index in [1.165, 1.54) is 15.6 Å². The first kappa shape index (κ1) is 19.8. The molecule has 0 saturated carbocycles. The summed E-state index contributed by atoms with van der Waals surface area (Å²) in [5, 5.41) is 3.55. The second-order valence-electron chi connectivity index (χ2n) is 6.19. The number of anilines is 1. The number of thiophene rings is 1. The molecule has 0 spiro atoms. The Morgan fingerprint density at radius 3 is 2.54 bits per heavy atom. The van der Waals surface area contributed by atoms with E-state index in [0.717, 1.165) is 15.0 Å². The number of hydrogen-bond donors (Lipinski definition) is 1. The Labute approximate surface area is 170 Å². The van der Waals surface area contributed by atoms with Crippen LogP contribution in [0.5, 0.6) is 0 Å². The number of piperidine rings is 1. The third-order valence-electron chi connectivity index (χ3n) is 4.41. The van der Waals surface area contributed by atoms with Gasteiger partial charge in [-0.05, 0) is 71.6 Å². The minimum Gasteiger partial charge on any atom is -0.326 e. The highest BCUT2D eigenvalue weighted by Crippen LogP contribution is 2.31. The molecule has 2 heterocycles. The molecule has 1 saturated heterocycles. The van der Waals surface area contributed by atoms with Gasteiger partial charge in [-0.25, -0.2) is 8.42 Å². The smallest absolute Gasteiger partial charge is 0.252 e. The number of rotatable bonds is 4. The SMILES string of the molecule is Cc1cc(Cl)ccc1NC(=O)C1CCN(S(=O)(=O)c2ccc(Br)s2)CC1. The first-order valence-electron chi connectivity index (χ1n) is 8.10. The van der Waals surface area contributed by atoms with E-state index in [4.69, 9.17) is 11.6 Å². The van der Waals surface area contributed by atoms with Crippen LogP contribution < -0.4 is 5.32 Å². The van der Waals surface area contributed by atoms with Crippen LogP contribution in [-0.2, 0) is 14.8 Å². The Balaban J connectivity index is 1.62. The van der Waals surface area contributed by atoms with Crippen molar-refractivity contribution in [1.29, 1.82) is 0 Å². The molecule has 3 rings (SSSR count). The molecule has 1 fully saturated rings. The lowest BCUT2D eigenvalue weighted by molar-refractivity contribution is -0.120. The maximum absolute atomic E-state index is 12.6. The van der Waals surface area contributed by atoms with Gasteiger partial charge >= 0.3 is 0 Å². The fourth-order valence-electron chi connectivity index (χ4n) is 2.92. The zero-order valence-electron chi connectivity index (χ0n) is 14.0. The van der Waals surface area contributed by atoms with E-state index >= 15 is 0 Å². The number of benzene rings is 1. The molecule has 0 unspecified atom stereocenters. The van der Waals surface area contributed by atoms with Gasteiger partial charge in [0.15, 0.2) is 0 Å². The topological polar surface area (TPSA) is 66.5 Å². The average molecular weight is 478 g/mol. The van der Waals surface area contributed by atoms with Crippen molar-refractivity contribution in [2.75, 3.05) is 18.4 Å². The van der Waals surface area contributed by atoms with Crippen LogP contribution in [0.1, 0.15) is 18.4 Å². The lowest BCUT2D eigenvalue weighted by Gasteiger charge is -2.30. The first-order valence-corrected chi connectivity index (χ1v) is 11.5. The summed E-state index contributed by atoms with van der Waals surface area (Å²) in [7, 11) is -3.49. The third-order valence-corrected chi connectivity index (χ3v) is 8.64. The quantitative estimate of drug-likeness (QED) is 0.704. The van der Waals surface area contributed by atoms with Gasteiger partial charge in [0.2, 0.25) is 5.91 Å². The van der Waals surface area contributed by atoms with Crippen LogP contribution in [0.15, 0.2) is 38.3 Å². The molecule has 0 bridgehead atoms. The number of carbonyl (C=O) groups excluding carboxylic acids is 1. The molecule has 5 nitrogen and oxygen atoms in total. The number of hydrogen-bond acceptors (Lipinski definition) is 4. The van der Waals surface area contributed by atoms with Gasteiger partial charge in [-0.3, -0.25) is 4.79 Å². The van der Waals surface area contributed by atoms with Crippen LogP contribution in [0.4, 0.5) is 5.69 Å². The fourth-order valence-corrected chi connectivity index (χ4v) is 6.78. The van der Waals surface area contributed by atoms with Gasteiger partial charge in [-0.2, -0.15) is 4.31 Å². The molecule has 1 aliphatic rings. The molecule has 1 amide bonds. The molecule has 1 N–H and O–H groups in total. The highest BCUT2D eigenvalue weighted by molar-refractivity contribution is 9.11. The summed E-state index contributed by atoms with van der Waals surface area (Å²) in [4.78, 5) is 12.5. The van der Waals surface area contributed by atoms with Crippen molar-refractivity contribution in [3.8, 4) is 0 Å². The van der Waals surface area contributed by atoms with Crippen molar-refractivity contribution in [3.05, 3.63) is 44.7 Å². The average Bonchev–Trinajstić information content (AvgIpc) is 3.05.